The molecule has 0 bridgehead atoms. The number of hydrogen-bond acceptors (Lipinski definition) is 7. The summed E-state index contributed by atoms with van der Waals surface area (Å²) in [5.74, 6) is -1.05. The van der Waals surface area contributed by atoms with Crippen LogP contribution in [0.15, 0.2) is 97.2 Å². The van der Waals surface area contributed by atoms with Gasteiger partial charge < -0.3 is 14.2 Å². The summed E-state index contributed by atoms with van der Waals surface area (Å²) in [6, 6.07) is 0. The van der Waals surface area contributed by atoms with Crippen molar-refractivity contribution in [1.29, 1.82) is 0 Å². The molecule has 7 heteroatoms. The van der Waals surface area contributed by atoms with E-state index in [0.717, 1.165) is 41.7 Å². The molecule has 6 nitrogen and oxygen atoms in total. The Labute approximate surface area is 230 Å². The number of rotatable bonds is 15. The number of carbonyl (C=O) groups is 3. The Morgan fingerprint density at radius 1 is 1.00 bits per heavy atom. The number of allylic oxidation sites excluding steroid dienone is 9. The predicted molar refractivity (Wildman–Crippen MR) is 153 cm³/mol. The first-order valence-electron chi connectivity index (χ1n) is 12.7. The Hall–Kier alpha value is -3.32. The van der Waals surface area contributed by atoms with Gasteiger partial charge in [0.05, 0.1) is 11.8 Å². The van der Waals surface area contributed by atoms with E-state index in [0.29, 0.717) is 12.2 Å². The minimum absolute atomic E-state index is 0.0569. The smallest absolute Gasteiger partial charge is 0.330 e. The Morgan fingerprint density at radius 2 is 1.66 bits per heavy atom. The van der Waals surface area contributed by atoms with Crippen LogP contribution in [0.5, 0.6) is 0 Å². The summed E-state index contributed by atoms with van der Waals surface area (Å²) in [5, 5.41) is 0. The molecule has 0 fully saturated rings. The van der Waals surface area contributed by atoms with Gasteiger partial charge in [-0.25, -0.2) is 9.59 Å². The van der Waals surface area contributed by atoms with E-state index < -0.39 is 17.4 Å². The Bertz CT molecular complexity index is 1050. The van der Waals surface area contributed by atoms with Crippen LogP contribution >= 0.6 is 11.8 Å². The van der Waals surface area contributed by atoms with Crippen molar-refractivity contribution in [2.75, 3.05) is 25.6 Å². The molecule has 0 saturated heterocycles. The number of hydrogen-bond donors (Lipinski definition) is 0. The molecule has 0 aromatic carbocycles. The maximum Gasteiger partial charge on any atom is 0.330 e. The second kappa shape index (κ2) is 15.2. The first-order chi connectivity index (χ1) is 18.2. The van der Waals surface area contributed by atoms with Crippen molar-refractivity contribution in [3.05, 3.63) is 97.2 Å². The average Bonchev–Trinajstić information content (AvgIpc) is 3.14. The van der Waals surface area contributed by atoms with E-state index >= 15 is 0 Å². The molecular weight excluding hydrogens is 500 g/mol. The second-order valence-electron chi connectivity index (χ2n) is 9.35. The van der Waals surface area contributed by atoms with Gasteiger partial charge in [0.15, 0.2) is 0 Å². The molecule has 0 aromatic heterocycles. The molecule has 0 radical (unpaired) electrons. The Morgan fingerprint density at radius 3 is 2.24 bits per heavy atom. The summed E-state index contributed by atoms with van der Waals surface area (Å²) in [5.41, 5.74) is 2.35. The van der Waals surface area contributed by atoms with Gasteiger partial charge in [-0.3, -0.25) is 4.79 Å². The molecule has 1 atom stereocenters. The molecule has 0 N–H and O–H groups in total. The molecule has 2 aliphatic carbocycles. The van der Waals surface area contributed by atoms with Gasteiger partial charge in [-0.05, 0) is 42.9 Å². The third kappa shape index (κ3) is 9.86. The zero-order valence-corrected chi connectivity index (χ0v) is 23.2. The zero-order chi connectivity index (χ0) is 28.0. The van der Waals surface area contributed by atoms with Crippen LogP contribution in [-0.2, 0) is 28.6 Å². The summed E-state index contributed by atoms with van der Waals surface area (Å²) in [6.07, 6.45) is 21.8. The van der Waals surface area contributed by atoms with Gasteiger partial charge >= 0.3 is 17.9 Å². The van der Waals surface area contributed by atoms with Crippen molar-refractivity contribution in [1.82, 2.24) is 0 Å². The van der Waals surface area contributed by atoms with E-state index in [1.54, 1.807) is 11.8 Å². The highest BCUT2D eigenvalue weighted by atomic mass is 32.2. The molecule has 0 spiro atoms. The fourth-order valence-electron chi connectivity index (χ4n) is 3.67. The normalized spacial score (nSPS) is 18.5. The van der Waals surface area contributed by atoms with E-state index in [1.807, 2.05) is 13.0 Å². The maximum atomic E-state index is 12.6. The van der Waals surface area contributed by atoms with Gasteiger partial charge in [0.25, 0.3) is 0 Å². The Balaban J connectivity index is 1.90. The molecule has 0 saturated carbocycles. The highest BCUT2D eigenvalue weighted by molar-refractivity contribution is 8.01. The quantitative estimate of drug-likeness (QED) is 0.141. The fourth-order valence-corrected chi connectivity index (χ4v) is 4.72. The van der Waals surface area contributed by atoms with Crippen molar-refractivity contribution in [2.45, 2.75) is 44.3 Å². The lowest BCUT2D eigenvalue weighted by atomic mass is 9.88. The van der Waals surface area contributed by atoms with E-state index in [4.69, 9.17) is 14.2 Å². The van der Waals surface area contributed by atoms with Crippen LogP contribution in [0.3, 0.4) is 0 Å². The van der Waals surface area contributed by atoms with E-state index in [9.17, 15) is 14.4 Å². The summed E-state index contributed by atoms with van der Waals surface area (Å²) in [7, 11) is 0. The van der Waals surface area contributed by atoms with Crippen LogP contribution in [0.1, 0.15) is 39.5 Å². The minimum atomic E-state index is -0.869. The second-order valence-corrected chi connectivity index (χ2v) is 10.9. The van der Waals surface area contributed by atoms with E-state index in [1.165, 1.54) is 0 Å². The van der Waals surface area contributed by atoms with Crippen molar-refractivity contribution in [3.8, 4) is 0 Å². The molecule has 0 amide bonds. The topological polar surface area (TPSA) is 78.9 Å². The SMILES string of the molecule is C=CC(=O)OCC(CC)(COC(=O)C=C)COC(=O)CCSC1(C)C=CC=C(C(=C)C2=CCCC=C2)C=C1. The van der Waals surface area contributed by atoms with E-state index in [2.05, 4.69) is 69.2 Å². The zero-order valence-electron chi connectivity index (χ0n) is 22.4. The highest BCUT2D eigenvalue weighted by Crippen LogP contribution is 2.33. The van der Waals surface area contributed by atoms with Gasteiger partial charge in [0, 0.05) is 22.7 Å². The van der Waals surface area contributed by atoms with Gasteiger partial charge in [0.2, 0.25) is 0 Å². The van der Waals surface area contributed by atoms with Gasteiger partial charge in [0.1, 0.15) is 19.8 Å². The summed E-state index contributed by atoms with van der Waals surface area (Å²) in [6.45, 7) is 14.8. The molecule has 0 aliphatic heterocycles. The monoisotopic (exact) mass is 538 g/mol. The molecule has 2 rings (SSSR count). The first-order valence-corrected chi connectivity index (χ1v) is 13.7. The molecule has 0 aromatic rings. The third-order valence-corrected chi connectivity index (χ3v) is 7.67. The molecule has 204 valence electrons. The highest BCUT2D eigenvalue weighted by Gasteiger charge is 2.34. The Kier molecular flexibility index (Phi) is 12.3. The molecule has 2 aliphatic rings. The van der Waals surface area contributed by atoms with E-state index in [-0.39, 0.29) is 37.0 Å². The fraction of sp³-hybridized carbons (Fsp3) is 0.387. The molecule has 1 unspecified atom stereocenters. The lowest BCUT2D eigenvalue weighted by molar-refractivity contribution is -0.158. The first kappa shape index (κ1) is 30.9. The number of ether oxygens (including phenoxy) is 3. The standard InChI is InChI=1S/C31H38O6S/c1-6-27(32)35-21-31(8-3,22-36-28(33)7-2)23-37-29(34)17-20-38-30(5)18-12-15-26(16-19-30)24(4)25-13-10-9-11-14-25/h6-7,10,12-16,18-19H,1-2,4,8-9,11,17,20-23H2,3,5H3. The predicted octanol–water partition coefficient (Wildman–Crippen LogP) is 6.15. The number of esters is 3. The average molecular weight is 539 g/mol. The summed E-state index contributed by atoms with van der Waals surface area (Å²) in [4.78, 5) is 35.8. The van der Waals surface area contributed by atoms with Crippen LogP contribution < -0.4 is 0 Å². The van der Waals surface area contributed by atoms with Gasteiger partial charge in [-0.1, -0.05) is 75.3 Å². The third-order valence-electron chi connectivity index (χ3n) is 6.37. The van der Waals surface area contributed by atoms with Crippen molar-refractivity contribution in [3.63, 3.8) is 0 Å². The summed E-state index contributed by atoms with van der Waals surface area (Å²) >= 11 is 1.64. The van der Waals surface area contributed by atoms with Crippen LogP contribution in [0.2, 0.25) is 0 Å². The van der Waals surface area contributed by atoms with Crippen LogP contribution in [0.25, 0.3) is 0 Å². The van der Waals surface area contributed by atoms with Gasteiger partial charge in [-0.15, -0.1) is 11.8 Å². The maximum absolute atomic E-state index is 12.6. The van der Waals surface area contributed by atoms with Crippen LogP contribution in [-0.4, -0.2) is 48.2 Å². The van der Waals surface area contributed by atoms with Crippen molar-refractivity contribution < 1.29 is 28.6 Å². The molecule has 38 heavy (non-hydrogen) atoms. The van der Waals surface area contributed by atoms with Crippen LogP contribution in [0.4, 0.5) is 0 Å². The number of carbonyl (C=O) groups excluding carboxylic acids is 3. The van der Waals surface area contributed by atoms with Gasteiger partial charge in [-0.2, -0.15) is 0 Å². The van der Waals surface area contributed by atoms with Crippen LogP contribution in [0, 0.1) is 5.41 Å². The molecule has 0 heterocycles. The van der Waals surface area contributed by atoms with Crippen molar-refractivity contribution in [2.24, 2.45) is 5.41 Å². The largest absolute Gasteiger partial charge is 0.465 e. The molecular formula is C31H38O6S. The number of thioether (sulfide) groups is 1. The lowest BCUT2D eigenvalue weighted by Crippen LogP contribution is -2.39. The van der Waals surface area contributed by atoms with Crippen molar-refractivity contribution >= 4 is 29.7 Å². The minimum Gasteiger partial charge on any atom is -0.465 e. The summed E-state index contributed by atoms with van der Waals surface area (Å²) < 4.78 is 15.6. The lowest BCUT2D eigenvalue weighted by Gasteiger charge is -2.30.